The molecule has 1 atom stereocenters. The highest BCUT2D eigenvalue weighted by Gasteiger charge is 2.12. The van der Waals surface area contributed by atoms with Crippen molar-refractivity contribution in [1.82, 2.24) is 15.1 Å². The van der Waals surface area contributed by atoms with E-state index >= 15 is 0 Å². The molecule has 1 heterocycles. The van der Waals surface area contributed by atoms with Gasteiger partial charge in [0, 0.05) is 44.7 Å². The Bertz CT molecular complexity index is 414. The van der Waals surface area contributed by atoms with E-state index in [1.807, 2.05) is 13.1 Å². The lowest BCUT2D eigenvalue weighted by Gasteiger charge is -2.09. The first kappa shape index (κ1) is 14.2. The van der Waals surface area contributed by atoms with Crippen LogP contribution < -0.4 is 5.32 Å². The molecular weight excluding hydrogens is 234 g/mol. The molecule has 0 radical (unpaired) electrons. The van der Waals surface area contributed by atoms with Gasteiger partial charge in [-0.3, -0.25) is 14.3 Å². The van der Waals surface area contributed by atoms with Crippen LogP contribution in [0.2, 0.25) is 0 Å². The maximum absolute atomic E-state index is 11.5. The lowest BCUT2D eigenvalue weighted by molar-refractivity contribution is -0.138. The number of aliphatic carboxylic acids is 1. The van der Waals surface area contributed by atoms with Gasteiger partial charge in [0.1, 0.15) is 0 Å². The topological polar surface area (TPSA) is 84.2 Å². The zero-order valence-corrected chi connectivity index (χ0v) is 10.7. The van der Waals surface area contributed by atoms with Gasteiger partial charge in [-0.25, -0.2) is 0 Å². The normalized spacial score (nSPS) is 12.1. The van der Waals surface area contributed by atoms with Gasteiger partial charge in [0.2, 0.25) is 5.91 Å². The van der Waals surface area contributed by atoms with Crippen LogP contribution in [-0.4, -0.2) is 33.3 Å². The largest absolute Gasteiger partial charge is 0.481 e. The van der Waals surface area contributed by atoms with Crippen LogP contribution in [0.15, 0.2) is 12.3 Å². The Balaban J connectivity index is 2.21. The molecule has 0 spiro atoms. The van der Waals surface area contributed by atoms with Crippen molar-refractivity contribution in [3.63, 3.8) is 0 Å². The van der Waals surface area contributed by atoms with Crippen LogP contribution in [0.4, 0.5) is 0 Å². The van der Waals surface area contributed by atoms with Crippen LogP contribution in [-0.2, 0) is 23.1 Å². The van der Waals surface area contributed by atoms with E-state index in [1.165, 1.54) is 0 Å². The summed E-state index contributed by atoms with van der Waals surface area (Å²) in [4.78, 5) is 22.0. The summed E-state index contributed by atoms with van der Waals surface area (Å²) in [5.41, 5.74) is 1.05. The average molecular weight is 253 g/mol. The van der Waals surface area contributed by atoms with Gasteiger partial charge in [0.15, 0.2) is 0 Å². The van der Waals surface area contributed by atoms with Gasteiger partial charge in [-0.1, -0.05) is 6.92 Å². The van der Waals surface area contributed by atoms with E-state index in [1.54, 1.807) is 17.8 Å². The van der Waals surface area contributed by atoms with Crippen molar-refractivity contribution in [2.45, 2.75) is 26.2 Å². The molecule has 1 amide bonds. The fraction of sp³-hybridized carbons (Fsp3) is 0.583. The first-order valence-electron chi connectivity index (χ1n) is 5.94. The van der Waals surface area contributed by atoms with Crippen molar-refractivity contribution >= 4 is 11.9 Å². The summed E-state index contributed by atoms with van der Waals surface area (Å²) in [6.45, 7) is 2.30. The fourth-order valence-corrected chi connectivity index (χ4v) is 1.74. The summed E-state index contributed by atoms with van der Waals surface area (Å²) in [6, 6.07) is 1.90. The van der Waals surface area contributed by atoms with E-state index in [2.05, 4.69) is 10.4 Å². The quantitative estimate of drug-likeness (QED) is 0.744. The number of amides is 1. The summed E-state index contributed by atoms with van der Waals surface area (Å²) in [7, 11) is 1.85. The van der Waals surface area contributed by atoms with Crippen molar-refractivity contribution in [3.05, 3.63) is 18.0 Å². The maximum atomic E-state index is 11.5. The van der Waals surface area contributed by atoms with Crippen molar-refractivity contribution in [2.24, 2.45) is 13.0 Å². The van der Waals surface area contributed by atoms with Gasteiger partial charge in [-0.15, -0.1) is 0 Å². The second-order valence-corrected chi connectivity index (χ2v) is 4.45. The van der Waals surface area contributed by atoms with Crippen LogP contribution in [0.3, 0.4) is 0 Å². The molecular formula is C12H19N3O3. The molecule has 1 aromatic rings. The second-order valence-electron chi connectivity index (χ2n) is 4.45. The highest BCUT2D eigenvalue weighted by Crippen LogP contribution is 2.06. The highest BCUT2D eigenvalue weighted by molar-refractivity contribution is 5.77. The van der Waals surface area contributed by atoms with Crippen molar-refractivity contribution in [3.8, 4) is 0 Å². The lowest BCUT2D eigenvalue weighted by Crippen LogP contribution is -2.28. The van der Waals surface area contributed by atoms with Crippen molar-refractivity contribution < 1.29 is 14.7 Å². The minimum Gasteiger partial charge on any atom is -0.481 e. The Morgan fingerprint density at radius 3 is 2.78 bits per heavy atom. The van der Waals surface area contributed by atoms with Gasteiger partial charge < -0.3 is 10.4 Å². The minimum absolute atomic E-state index is 0.0230. The van der Waals surface area contributed by atoms with E-state index in [0.717, 1.165) is 12.1 Å². The fourth-order valence-electron chi connectivity index (χ4n) is 1.74. The van der Waals surface area contributed by atoms with E-state index < -0.39 is 5.97 Å². The number of nitrogens with one attached hydrogen (secondary N) is 1. The third-order valence-corrected chi connectivity index (χ3v) is 2.68. The first-order chi connectivity index (χ1) is 8.49. The van der Waals surface area contributed by atoms with E-state index in [-0.39, 0.29) is 24.7 Å². The summed E-state index contributed by atoms with van der Waals surface area (Å²) < 4.78 is 1.76. The Hall–Kier alpha value is -1.85. The second kappa shape index (κ2) is 6.78. The molecule has 1 rings (SSSR count). The summed E-state index contributed by atoms with van der Waals surface area (Å²) >= 11 is 0. The van der Waals surface area contributed by atoms with Crippen molar-refractivity contribution in [2.75, 3.05) is 6.54 Å². The van der Waals surface area contributed by atoms with Gasteiger partial charge in [-0.05, 0) is 12.0 Å². The minimum atomic E-state index is -0.870. The Morgan fingerprint density at radius 1 is 1.50 bits per heavy atom. The Morgan fingerprint density at radius 2 is 2.22 bits per heavy atom. The number of rotatable bonds is 7. The smallest absolute Gasteiger partial charge is 0.303 e. The van der Waals surface area contributed by atoms with E-state index in [0.29, 0.717) is 6.54 Å². The molecule has 0 saturated carbocycles. The van der Waals surface area contributed by atoms with Crippen LogP contribution in [0.5, 0.6) is 0 Å². The SMILES string of the molecule is CC(CC(=O)O)CC(=O)NCCc1ccnn1C. The third-order valence-electron chi connectivity index (χ3n) is 2.68. The standard InChI is InChI=1S/C12H19N3O3/c1-9(8-12(17)18)7-11(16)13-5-3-10-4-6-14-15(10)2/h4,6,9H,3,5,7-8H2,1-2H3,(H,13,16)(H,17,18). The van der Waals surface area contributed by atoms with Gasteiger partial charge in [-0.2, -0.15) is 5.10 Å². The molecule has 1 aromatic heterocycles. The molecule has 6 heteroatoms. The molecule has 2 N–H and O–H groups in total. The maximum Gasteiger partial charge on any atom is 0.303 e. The highest BCUT2D eigenvalue weighted by atomic mass is 16.4. The van der Waals surface area contributed by atoms with Crippen LogP contribution in [0.25, 0.3) is 0 Å². The third kappa shape index (κ3) is 4.99. The lowest BCUT2D eigenvalue weighted by atomic mass is 10.0. The van der Waals surface area contributed by atoms with Crippen LogP contribution in [0.1, 0.15) is 25.5 Å². The number of carboxylic acids is 1. The Kier molecular flexibility index (Phi) is 5.35. The predicted octanol–water partition coefficient (Wildman–Crippen LogP) is 0.580. The molecule has 0 fully saturated rings. The molecule has 0 aliphatic rings. The van der Waals surface area contributed by atoms with Crippen molar-refractivity contribution in [1.29, 1.82) is 0 Å². The Labute approximate surface area is 106 Å². The van der Waals surface area contributed by atoms with Gasteiger partial charge in [0.25, 0.3) is 0 Å². The summed E-state index contributed by atoms with van der Waals surface area (Å²) in [6.07, 6.45) is 2.70. The first-order valence-corrected chi connectivity index (χ1v) is 5.94. The van der Waals surface area contributed by atoms with Crippen LogP contribution in [0, 0.1) is 5.92 Å². The van der Waals surface area contributed by atoms with Crippen LogP contribution >= 0.6 is 0 Å². The van der Waals surface area contributed by atoms with E-state index in [9.17, 15) is 9.59 Å². The molecule has 0 aliphatic heterocycles. The molecule has 1 unspecified atom stereocenters. The number of aryl methyl sites for hydroxylation is 1. The molecule has 0 bridgehead atoms. The summed E-state index contributed by atoms with van der Waals surface area (Å²) in [5.74, 6) is -1.12. The summed E-state index contributed by atoms with van der Waals surface area (Å²) in [5, 5.41) is 15.4. The average Bonchev–Trinajstić information content (AvgIpc) is 2.63. The molecule has 0 aromatic carbocycles. The number of aromatic nitrogens is 2. The van der Waals surface area contributed by atoms with Gasteiger partial charge >= 0.3 is 5.97 Å². The number of hydrogen-bond acceptors (Lipinski definition) is 3. The van der Waals surface area contributed by atoms with E-state index in [4.69, 9.17) is 5.11 Å². The molecule has 18 heavy (non-hydrogen) atoms. The molecule has 100 valence electrons. The number of carbonyl (C=O) groups excluding carboxylic acids is 1. The zero-order chi connectivity index (χ0) is 13.5. The van der Waals surface area contributed by atoms with Gasteiger partial charge in [0.05, 0.1) is 0 Å². The molecule has 6 nitrogen and oxygen atoms in total. The number of carboxylic acid groups (broad SMARTS) is 1. The molecule has 0 saturated heterocycles. The predicted molar refractivity (Wildman–Crippen MR) is 66.0 cm³/mol. The monoisotopic (exact) mass is 253 g/mol. The number of nitrogens with zero attached hydrogens (tertiary/aromatic N) is 2. The zero-order valence-electron chi connectivity index (χ0n) is 10.7. The number of hydrogen-bond donors (Lipinski definition) is 2. The number of carbonyl (C=O) groups is 2. The molecule has 0 aliphatic carbocycles.